The zero-order valence-electron chi connectivity index (χ0n) is 17.6. The normalized spacial score (nSPS) is 14.2. The summed E-state index contributed by atoms with van der Waals surface area (Å²) in [5.74, 6) is -0.0886. The Morgan fingerprint density at radius 3 is 1.77 bits per heavy atom. The van der Waals surface area contributed by atoms with Crippen LogP contribution in [0.1, 0.15) is 37.7 Å². The van der Waals surface area contributed by atoms with Crippen molar-refractivity contribution in [1.82, 2.24) is 4.90 Å². The number of nitrogens with one attached hydrogen (secondary N) is 2. The number of hydrogen-bond acceptors (Lipinski definition) is 4. The summed E-state index contributed by atoms with van der Waals surface area (Å²) in [5, 5.41) is 5.82. The molecule has 1 heterocycles. The third-order valence-corrected chi connectivity index (χ3v) is 5.11. The molecule has 0 bridgehead atoms. The van der Waals surface area contributed by atoms with E-state index in [1.165, 1.54) is 19.3 Å². The third-order valence-electron chi connectivity index (χ3n) is 5.11. The monoisotopic (exact) mass is 466 g/mol. The first-order valence-corrected chi connectivity index (χ1v) is 10.3. The molecule has 2 aromatic carbocycles. The van der Waals surface area contributed by atoms with Gasteiger partial charge in [0.05, 0.1) is 13.0 Å². The van der Waals surface area contributed by atoms with Gasteiger partial charge in [0.2, 0.25) is 11.8 Å². The van der Waals surface area contributed by atoms with Crippen molar-refractivity contribution in [2.75, 3.05) is 36.0 Å². The maximum absolute atomic E-state index is 12.3. The van der Waals surface area contributed by atoms with Gasteiger partial charge in [-0.15, -0.1) is 24.8 Å². The van der Waals surface area contributed by atoms with Crippen LogP contribution in [0.2, 0.25) is 0 Å². The molecular weight excluding hydrogens is 435 g/mol. The highest BCUT2D eigenvalue weighted by atomic mass is 35.5. The number of likely N-dealkylation sites (tertiary alicyclic amines) is 1. The summed E-state index contributed by atoms with van der Waals surface area (Å²) in [6.07, 6.45) is 6.43. The number of anilines is 3. The summed E-state index contributed by atoms with van der Waals surface area (Å²) < 4.78 is 0. The van der Waals surface area contributed by atoms with Crippen LogP contribution in [0.4, 0.5) is 17.1 Å². The van der Waals surface area contributed by atoms with Gasteiger partial charge in [0.25, 0.3) is 0 Å². The summed E-state index contributed by atoms with van der Waals surface area (Å²) >= 11 is 0. The molecule has 0 spiro atoms. The van der Waals surface area contributed by atoms with E-state index in [-0.39, 0.29) is 43.0 Å². The number of nitrogen functional groups attached to an aromatic ring is 1. The molecular formula is C23H32Cl2N4O2. The minimum atomic E-state index is -0.0939. The fourth-order valence-corrected chi connectivity index (χ4v) is 3.54. The Labute approximate surface area is 196 Å². The summed E-state index contributed by atoms with van der Waals surface area (Å²) in [7, 11) is 0. The summed E-state index contributed by atoms with van der Waals surface area (Å²) in [5.41, 5.74) is 8.68. The predicted octanol–water partition coefficient (Wildman–Crippen LogP) is 4.50. The van der Waals surface area contributed by atoms with E-state index in [9.17, 15) is 9.59 Å². The predicted molar refractivity (Wildman–Crippen MR) is 132 cm³/mol. The van der Waals surface area contributed by atoms with E-state index >= 15 is 0 Å². The first-order chi connectivity index (χ1) is 14.1. The zero-order valence-corrected chi connectivity index (χ0v) is 19.3. The topological polar surface area (TPSA) is 87.5 Å². The van der Waals surface area contributed by atoms with Crippen LogP contribution < -0.4 is 16.4 Å². The number of hydrogen-bond donors (Lipinski definition) is 3. The fourth-order valence-electron chi connectivity index (χ4n) is 3.54. The average molecular weight is 467 g/mol. The summed E-state index contributed by atoms with van der Waals surface area (Å²) in [6, 6.07) is 14.5. The molecule has 6 nitrogen and oxygen atoms in total. The molecule has 2 amide bonds. The van der Waals surface area contributed by atoms with Crippen molar-refractivity contribution in [1.29, 1.82) is 0 Å². The number of amides is 2. The van der Waals surface area contributed by atoms with Crippen molar-refractivity contribution in [2.45, 2.75) is 38.5 Å². The van der Waals surface area contributed by atoms with Gasteiger partial charge in [-0.3, -0.25) is 14.5 Å². The zero-order chi connectivity index (χ0) is 20.5. The second-order valence-electron chi connectivity index (χ2n) is 7.64. The molecule has 0 aromatic heterocycles. The van der Waals surface area contributed by atoms with Gasteiger partial charge in [0, 0.05) is 17.1 Å². The Bertz CT molecular complexity index is 805. The molecule has 0 aliphatic carbocycles. The van der Waals surface area contributed by atoms with E-state index in [1.807, 2.05) is 24.3 Å². The molecule has 170 valence electrons. The SMILES string of the molecule is Cl.Cl.Nc1ccc(CC(=O)Nc2ccc(NC(=O)CN3CCCCCCC3)cc2)cc1. The number of nitrogens with zero attached hydrogens (tertiary/aromatic N) is 1. The number of carbonyl (C=O) groups is 2. The van der Waals surface area contributed by atoms with Crippen LogP contribution in [0.5, 0.6) is 0 Å². The molecule has 1 saturated heterocycles. The molecule has 1 fully saturated rings. The molecule has 4 N–H and O–H groups in total. The van der Waals surface area contributed by atoms with E-state index in [0.29, 0.717) is 17.9 Å². The number of halogens is 2. The molecule has 1 aliphatic rings. The molecule has 0 unspecified atom stereocenters. The smallest absolute Gasteiger partial charge is 0.238 e. The molecule has 31 heavy (non-hydrogen) atoms. The Morgan fingerprint density at radius 2 is 1.23 bits per heavy atom. The van der Waals surface area contributed by atoms with E-state index < -0.39 is 0 Å². The number of nitrogens with two attached hydrogens (primary N) is 1. The molecule has 0 atom stereocenters. The van der Waals surface area contributed by atoms with Gasteiger partial charge in [-0.2, -0.15) is 0 Å². The summed E-state index contributed by atoms with van der Waals surface area (Å²) in [4.78, 5) is 26.8. The van der Waals surface area contributed by atoms with Gasteiger partial charge in [-0.25, -0.2) is 0 Å². The first-order valence-electron chi connectivity index (χ1n) is 10.3. The number of benzene rings is 2. The molecule has 0 saturated carbocycles. The Kier molecular flexibility index (Phi) is 12.0. The molecule has 8 heteroatoms. The average Bonchev–Trinajstić information content (AvgIpc) is 2.67. The van der Waals surface area contributed by atoms with Crippen molar-refractivity contribution in [3.05, 3.63) is 54.1 Å². The highest BCUT2D eigenvalue weighted by Crippen LogP contribution is 2.15. The van der Waals surface area contributed by atoms with Crippen LogP contribution >= 0.6 is 24.8 Å². The Balaban J connectivity index is 0.00000240. The summed E-state index contributed by atoms with van der Waals surface area (Å²) in [6.45, 7) is 2.42. The van der Waals surface area contributed by atoms with Crippen molar-refractivity contribution >= 4 is 53.7 Å². The lowest BCUT2D eigenvalue weighted by atomic mass is 10.1. The first kappa shape index (κ1) is 26.8. The van der Waals surface area contributed by atoms with Crippen molar-refractivity contribution < 1.29 is 9.59 Å². The maximum Gasteiger partial charge on any atom is 0.238 e. The van der Waals surface area contributed by atoms with Crippen LogP contribution in [0.25, 0.3) is 0 Å². The van der Waals surface area contributed by atoms with Gasteiger partial charge in [-0.1, -0.05) is 31.4 Å². The molecule has 1 aliphatic heterocycles. The molecule has 2 aromatic rings. The van der Waals surface area contributed by atoms with Crippen LogP contribution in [-0.4, -0.2) is 36.3 Å². The van der Waals surface area contributed by atoms with Gasteiger partial charge in [0.15, 0.2) is 0 Å². The van der Waals surface area contributed by atoms with Crippen LogP contribution in [0, 0.1) is 0 Å². The van der Waals surface area contributed by atoms with E-state index in [2.05, 4.69) is 15.5 Å². The maximum atomic E-state index is 12.3. The standard InChI is InChI=1S/C23H30N4O2.2ClH/c24-19-8-6-18(7-9-19)16-22(28)25-20-10-12-21(13-11-20)26-23(29)17-27-14-4-2-1-3-5-15-27;;/h6-13H,1-5,14-17,24H2,(H,25,28)(H,26,29);2*1H. The largest absolute Gasteiger partial charge is 0.399 e. The minimum Gasteiger partial charge on any atom is -0.399 e. The van der Waals surface area contributed by atoms with Crippen LogP contribution in [0.15, 0.2) is 48.5 Å². The van der Waals surface area contributed by atoms with E-state index in [0.717, 1.165) is 37.2 Å². The highest BCUT2D eigenvalue weighted by Gasteiger charge is 2.12. The molecule has 3 rings (SSSR count). The minimum absolute atomic E-state index is 0. The van der Waals surface area contributed by atoms with Gasteiger partial charge in [-0.05, 0) is 67.9 Å². The molecule has 0 radical (unpaired) electrons. The highest BCUT2D eigenvalue weighted by molar-refractivity contribution is 5.94. The van der Waals surface area contributed by atoms with Gasteiger partial charge < -0.3 is 16.4 Å². The Hall–Kier alpha value is -2.28. The van der Waals surface area contributed by atoms with Crippen LogP contribution in [-0.2, 0) is 16.0 Å². The third kappa shape index (κ3) is 9.59. The van der Waals surface area contributed by atoms with Crippen molar-refractivity contribution in [3.8, 4) is 0 Å². The number of carbonyl (C=O) groups excluding carboxylic acids is 2. The lowest BCUT2D eigenvalue weighted by Gasteiger charge is -2.23. The van der Waals surface area contributed by atoms with E-state index in [4.69, 9.17) is 5.73 Å². The lowest BCUT2D eigenvalue weighted by Crippen LogP contribution is -2.35. The van der Waals surface area contributed by atoms with Crippen molar-refractivity contribution in [3.63, 3.8) is 0 Å². The van der Waals surface area contributed by atoms with Crippen LogP contribution in [0.3, 0.4) is 0 Å². The van der Waals surface area contributed by atoms with Crippen molar-refractivity contribution in [2.24, 2.45) is 0 Å². The Morgan fingerprint density at radius 1 is 0.742 bits per heavy atom. The fraction of sp³-hybridized carbons (Fsp3) is 0.391. The van der Waals surface area contributed by atoms with Gasteiger partial charge in [0.1, 0.15) is 0 Å². The second-order valence-corrected chi connectivity index (χ2v) is 7.64. The van der Waals surface area contributed by atoms with Gasteiger partial charge >= 0.3 is 0 Å². The number of rotatable bonds is 6. The van der Waals surface area contributed by atoms with E-state index in [1.54, 1.807) is 24.3 Å². The lowest BCUT2D eigenvalue weighted by molar-refractivity contribution is -0.117. The quantitative estimate of drug-likeness (QED) is 0.546. The second kappa shape index (κ2) is 13.9.